The molecule has 6 rings (SSSR count). The highest BCUT2D eigenvalue weighted by molar-refractivity contribution is 9.10. The molecular weight excluding hydrogens is 597 g/mol. The Kier molecular flexibility index (Phi) is 6.75. The number of hydrogen-bond donors (Lipinski definition) is 0. The molecule has 3 atom stereocenters. The van der Waals surface area contributed by atoms with E-state index in [-0.39, 0.29) is 17.3 Å². The number of morpholine rings is 1. The molecule has 3 unspecified atom stereocenters. The molecule has 0 N–H and O–H groups in total. The first-order valence-corrected chi connectivity index (χ1v) is 14.5. The van der Waals surface area contributed by atoms with Crippen LogP contribution in [0.1, 0.15) is 16.4 Å². The minimum atomic E-state index is -0.803. The van der Waals surface area contributed by atoms with E-state index in [1.54, 1.807) is 4.90 Å². The van der Waals surface area contributed by atoms with Crippen molar-refractivity contribution in [2.45, 2.75) is 22.7 Å². The molecule has 3 amide bonds. The smallest absolute Gasteiger partial charge is 0.308 e. The summed E-state index contributed by atoms with van der Waals surface area (Å²) in [5.41, 5.74) is 1.08. The van der Waals surface area contributed by atoms with E-state index >= 15 is 0 Å². The number of rotatable bonds is 4. The van der Waals surface area contributed by atoms with Crippen LogP contribution in [-0.2, 0) is 25.7 Å². The fourth-order valence-corrected chi connectivity index (χ4v) is 8.40. The lowest BCUT2D eigenvalue weighted by atomic mass is 9.83. The average Bonchev–Trinajstić information content (AvgIpc) is 3.36. The van der Waals surface area contributed by atoms with Gasteiger partial charge in [-0.3, -0.25) is 23.7 Å². The Hall–Kier alpha value is -2.80. The molecule has 0 radical (unpaired) electrons. The summed E-state index contributed by atoms with van der Waals surface area (Å²) < 4.78 is 21.1. The van der Waals surface area contributed by atoms with Crippen LogP contribution in [0.15, 0.2) is 62.8 Å². The highest BCUT2D eigenvalue weighted by Gasteiger charge is 2.56. The van der Waals surface area contributed by atoms with E-state index in [0.29, 0.717) is 41.9 Å². The Morgan fingerprint density at radius 3 is 2.50 bits per heavy atom. The van der Waals surface area contributed by atoms with Crippen LogP contribution in [0.2, 0.25) is 0 Å². The maximum absolute atomic E-state index is 13.8. The zero-order valence-corrected chi connectivity index (χ0v) is 23.1. The molecule has 2 fully saturated rings. The van der Waals surface area contributed by atoms with Gasteiger partial charge in [-0.05, 0) is 42.0 Å². The quantitative estimate of drug-likeness (QED) is 0.417. The molecule has 4 heterocycles. The van der Waals surface area contributed by atoms with Gasteiger partial charge in [0.1, 0.15) is 17.6 Å². The van der Waals surface area contributed by atoms with Gasteiger partial charge in [-0.2, -0.15) is 0 Å². The van der Waals surface area contributed by atoms with Crippen LogP contribution in [0.3, 0.4) is 0 Å². The topological polar surface area (TPSA) is 88.9 Å². The molecule has 0 aliphatic carbocycles. The number of carbonyl (C=O) groups excluding carboxylic acids is 3. The van der Waals surface area contributed by atoms with Crippen molar-refractivity contribution in [1.82, 2.24) is 9.47 Å². The maximum Gasteiger partial charge on any atom is 0.308 e. The molecule has 12 heteroatoms. The number of nitrogens with zero attached hydrogens (tertiary/aromatic N) is 3. The fourth-order valence-electron chi connectivity index (χ4n) is 5.21. The van der Waals surface area contributed by atoms with Crippen molar-refractivity contribution in [3.63, 3.8) is 0 Å². The third kappa shape index (κ3) is 4.33. The summed E-state index contributed by atoms with van der Waals surface area (Å²) in [5.74, 6) is -2.81. The monoisotopic (exact) mass is 617 g/mol. The van der Waals surface area contributed by atoms with Gasteiger partial charge in [0.25, 0.3) is 0 Å². The van der Waals surface area contributed by atoms with E-state index in [2.05, 4.69) is 15.9 Å². The van der Waals surface area contributed by atoms with E-state index in [9.17, 15) is 23.6 Å². The molecule has 1 aromatic heterocycles. The molecule has 38 heavy (non-hydrogen) atoms. The number of hydrogen-bond acceptors (Lipinski definition) is 7. The van der Waals surface area contributed by atoms with E-state index < -0.39 is 34.7 Å². The van der Waals surface area contributed by atoms with Crippen molar-refractivity contribution in [2.24, 2.45) is 5.92 Å². The summed E-state index contributed by atoms with van der Waals surface area (Å²) >= 11 is 5.66. The summed E-state index contributed by atoms with van der Waals surface area (Å²) in [4.78, 5) is 56.9. The molecule has 3 aliphatic rings. The molecule has 2 saturated heterocycles. The summed E-state index contributed by atoms with van der Waals surface area (Å²) in [6.07, 6.45) is 0. The van der Waals surface area contributed by atoms with Crippen LogP contribution < -0.4 is 9.77 Å². The van der Waals surface area contributed by atoms with Gasteiger partial charge >= 0.3 is 4.87 Å². The Morgan fingerprint density at radius 2 is 1.79 bits per heavy atom. The lowest BCUT2D eigenvalue weighted by Crippen LogP contribution is -2.43. The molecule has 8 nitrogen and oxygen atoms in total. The van der Waals surface area contributed by atoms with Crippen LogP contribution >= 0.6 is 39.0 Å². The number of thiazole rings is 1. The molecule has 3 aliphatic heterocycles. The summed E-state index contributed by atoms with van der Waals surface area (Å²) in [5, 5.41) is -0.266. The predicted octanol–water partition coefficient (Wildman–Crippen LogP) is 3.47. The van der Waals surface area contributed by atoms with E-state index in [1.165, 1.54) is 28.8 Å². The van der Waals surface area contributed by atoms with Crippen molar-refractivity contribution in [3.8, 4) is 0 Å². The van der Waals surface area contributed by atoms with Crippen LogP contribution in [0.5, 0.6) is 0 Å². The summed E-state index contributed by atoms with van der Waals surface area (Å²) in [6, 6.07) is 12.7. The maximum atomic E-state index is 13.8. The SMILES string of the molecule is O=C(Cn1c2c(sc1=O)C(c1cccc(Br)c1)C1C(=O)N(c3ccc(F)cc3)C(=O)C1S2)N1CCOCC1. The number of thioether (sulfide) groups is 1. The number of fused-ring (bicyclic) bond motifs is 2. The van der Waals surface area contributed by atoms with Gasteiger partial charge in [-0.15, -0.1) is 0 Å². The third-order valence-corrected chi connectivity index (χ3v) is 10.1. The highest BCUT2D eigenvalue weighted by atomic mass is 79.9. The Labute approximate surface area is 233 Å². The van der Waals surface area contributed by atoms with E-state index in [4.69, 9.17) is 4.74 Å². The second-order valence-corrected chi connectivity index (χ2v) is 12.2. The van der Waals surface area contributed by atoms with Crippen molar-refractivity contribution in [3.05, 3.63) is 78.9 Å². The molecule has 0 bridgehead atoms. The zero-order chi connectivity index (χ0) is 26.6. The summed E-state index contributed by atoms with van der Waals surface area (Å²) in [7, 11) is 0. The molecule has 0 spiro atoms. The number of halogens is 2. The lowest BCUT2D eigenvalue weighted by Gasteiger charge is -2.31. The first kappa shape index (κ1) is 25.5. The number of anilines is 1. The lowest BCUT2D eigenvalue weighted by molar-refractivity contribution is -0.136. The van der Waals surface area contributed by atoms with Crippen molar-refractivity contribution < 1.29 is 23.5 Å². The minimum absolute atomic E-state index is 0.149. The average molecular weight is 619 g/mol. The first-order valence-electron chi connectivity index (χ1n) is 12.0. The first-order chi connectivity index (χ1) is 18.3. The zero-order valence-electron chi connectivity index (χ0n) is 19.8. The number of benzene rings is 2. The normalized spacial score (nSPS) is 22.9. The number of aromatic nitrogens is 1. The number of ether oxygens (including phenoxy) is 1. The third-order valence-electron chi connectivity index (χ3n) is 7.00. The van der Waals surface area contributed by atoms with Gasteiger partial charge in [-0.1, -0.05) is 51.2 Å². The van der Waals surface area contributed by atoms with Gasteiger partial charge in [0.2, 0.25) is 17.7 Å². The number of amides is 3. The number of imide groups is 1. The van der Waals surface area contributed by atoms with Crippen LogP contribution in [-0.4, -0.2) is 58.7 Å². The van der Waals surface area contributed by atoms with Gasteiger partial charge in [-0.25, -0.2) is 9.29 Å². The van der Waals surface area contributed by atoms with E-state index in [0.717, 1.165) is 38.0 Å². The van der Waals surface area contributed by atoms with Crippen molar-refractivity contribution in [2.75, 3.05) is 31.2 Å². The van der Waals surface area contributed by atoms with Crippen molar-refractivity contribution >= 4 is 62.4 Å². The molecule has 196 valence electrons. The van der Waals surface area contributed by atoms with Crippen LogP contribution in [0.25, 0.3) is 0 Å². The standard InChI is InChI=1S/C26H21BrFN3O5S2/c27-15-3-1-2-14(12-15)19-20-21(24(34)31(23(20)33)17-6-4-16(28)5-7-17)37-25-22(19)38-26(35)30(25)13-18(32)29-8-10-36-11-9-29/h1-7,12,19-21H,8-11,13H2. The van der Waals surface area contributed by atoms with Crippen LogP contribution in [0.4, 0.5) is 10.1 Å². The predicted molar refractivity (Wildman–Crippen MR) is 144 cm³/mol. The number of carbonyl (C=O) groups is 3. The second-order valence-electron chi connectivity index (χ2n) is 9.20. The van der Waals surface area contributed by atoms with Gasteiger partial charge in [0.05, 0.1) is 29.8 Å². The fraction of sp³-hybridized carbons (Fsp3) is 0.308. The molecular formula is C26H21BrFN3O5S2. The van der Waals surface area contributed by atoms with Gasteiger partial charge < -0.3 is 9.64 Å². The Bertz CT molecular complexity index is 1500. The summed E-state index contributed by atoms with van der Waals surface area (Å²) in [6.45, 7) is 1.66. The minimum Gasteiger partial charge on any atom is -0.378 e. The molecule has 0 saturated carbocycles. The Balaban J connectivity index is 1.44. The van der Waals surface area contributed by atoms with Crippen LogP contribution in [0, 0.1) is 11.7 Å². The van der Waals surface area contributed by atoms with Gasteiger partial charge in [0, 0.05) is 28.4 Å². The van der Waals surface area contributed by atoms with Crippen molar-refractivity contribution in [1.29, 1.82) is 0 Å². The molecule has 2 aromatic carbocycles. The van der Waals surface area contributed by atoms with E-state index in [1.807, 2.05) is 24.3 Å². The highest BCUT2D eigenvalue weighted by Crippen LogP contribution is 2.54. The molecule has 3 aromatic rings. The second kappa shape index (κ2) is 10.1. The van der Waals surface area contributed by atoms with Gasteiger partial charge in [0.15, 0.2) is 0 Å². The Morgan fingerprint density at radius 1 is 1.05 bits per heavy atom. The largest absolute Gasteiger partial charge is 0.378 e.